The Hall–Kier alpha value is -1.76. The third-order valence-corrected chi connectivity index (χ3v) is 6.48. The molecule has 3 rings (SSSR count). The lowest BCUT2D eigenvalue weighted by Gasteiger charge is -2.22. The second-order valence-corrected chi connectivity index (χ2v) is 8.98. The first kappa shape index (κ1) is 20.0. The molecule has 0 saturated heterocycles. The van der Waals surface area contributed by atoms with Crippen molar-refractivity contribution in [1.29, 1.82) is 0 Å². The van der Waals surface area contributed by atoms with Crippen LogP contribution in [0.4, 0.5) is 4.39 Å². The molecule has 1 unspecified atom stereocenters. The summed E-state index contributed by atoms with van der Waals surface area (Å²) in [6, 6.07) is 12.4. The summed E-state index contributed by atoms with van der Waals surface area (Å²) in [7, 11) is -3.48. The highest BCUT2D eigenvalue weighted by molar-refractivity contribution is 7.89. The molecule has 146 valence electrons. The SMILES string of the molecule is CCCS(=O)(=O)NC(Cc1ccccc1)c1cc2c(cc1F)CCCNC2. The van der Waals surface area contributed by atoms with Crippen LogP contribution in [-0.2, 0) is 29.4 Å². The molecule has 0 aromatic heterocycles. The van der Waals surface area contributed by atoms with Crippen molar-refractivity contribution in [3.63, 3.8) is 0 Å². The van der Waals surface area contributed by atoms with E-state index in [-0.39, 0.29) is 11.6 Å². The first-order valence-corrected chi connectivity index (χ1v) is 11.2. The van der Waals surface area contributed by atoms with Crippen molar-refractivity contribution in [2.75, 3.05) is 12.3 Å². The third-order valence-electron chi connectivity index (χ3n) is 4.89. The van der Waals surface area contributed by atoms with Crippen LogP contribution in [0.1, 0.15) is 48.1 Å². The minimum Gasteiger partial charge on any atom is -0.313 e. The molecule has 0 amide bonds. The van der Waals surface area contributed by atoms with Crippen molar-refractivity contribution in [2.45, 2.75) is 45.2 Å². The van der Waals surface area contributed by atoms with Gasteiger partial charge in [0.1, 0.15) is 5.82 Å². The predicted octanol–water partition coefficient (Wildman–Crippen LogP) is 3.47. The van der Waals surface area contributed by atoms with E-state index in [9.17, 15) is 12.8 Å². The van der Waals surface area contributed by atoms with Crippen LogP contribution in [0.5, 0.6) is 0 Å². The van der Waals surface area contributed by atoms with Gasteiger partial charge in [-0.05, 0) is 61.1 Å². The van der Waals surface area contributed by atoms with Gasteiger partial charge in [0, 0.05) is 12.1 Å². The fourth-order valence-corrected chi connectivity index (χ4v) is 4.88. The first-order valence-electron chi connectivity index (χ1n) is 9.54. The molecule has 0 fully saturated rings. The van der Waals surface area contributed by atoms with Gasteiger partial charge >= 0.3 is 0 Å². The van der Waals surface area contributed by atoms with E-state index in [0.717, 1.165) is 36.1 Å². The molecule has 2 aromatic carbocycles. The van der Waals surface area contributed by atoms with Gasteiger partial charge in [-0.2, -0.15) is 0 Å². The van der Waals surface area contributed by atoms with E-state index in [2.05, 4.69) is 10.0 Å². The summed E-state index contributed by atoms with van der Waals surface area (Å²) in [5.41, 5.74) is 3.45. The molecular formula is C21H27FN2O2S. The normalized spacial score (nSPS) is 15.8. The largest absolute Gasteiger partial charge is 0.313 e. The highest BCUT2D eigenvalue weighted by Crippen LogP contribution is 2.27. The number of hydrogen-bond acceptors (Lipinski definition) is 3. The second kappa shape index (κ2) is 8.95. The molecular weight excluding hydrogens is 363 g/mol. The fourth-order valence-electron chi connectivity index (χ4n) is 3.58. The summed E-state index contributed by atoms with van der Waals surface area (Å²) in [6.07, 6.45) is 2.74. The summed E-state index contributed by atoms with van der Waals surface area (Å²) in [5, 5.41) is 3.35. The number of sulfonamides is 1. The molecule has 27 heavy (non-hydrogen) atoms. The molecule has 2 aromatic rings. The Morgan fingerprint density at radius 3 is 2.70 bits per heavy atom. The summed E-state index contributed by atoms with van der Waals surface area (Å²) in [6.45, 7) is 3.41. The summed E-state index contributed by atoms with van der Waals surface area (Å²) in [5.74, 6) is -0.303. The zero-order valence-corrected chi connectivity index (χ0v) is 16.5. The van der Waals surface area contributed by atoms with Crippen LogP contribution in [-0.4, -0.2) is 20.7 Å². The fraction of sp³-hybridized carbons (Fsp3) is 0.429. The van der Waals surface area contributed by atoms with Crippen LogP contribution in [0, 0.1) is 5.82 Å². The molecule has 4 nitrogen and oxygen atoms in total. The van der Waals surface area contributed by atoms with Crippen molar-refractivity contribution >= 4 is 10.0 Å². The van der Waals surface area contributed by atoms with Gasteiger partial charge in [0.25, 0.3) is 0 Å². The Morgan fingerprint density at radius 2 is 1.96 bits per heavy atom. The Kier molecular flexibility index (Phi) is 6.63. The topological polar surface area (TPSA) is 58.2 Å². The number of hydrogen-bond donors (Lipinski definition) is 2. The smallest absolute Gasteiger partial charge is 0.212 e. The highest BCUT2D eigenvalue weighted by atomic mass is 32.2. The van der Waals surface area contributed by atoms with Gasteiger partial charge in [0.05, 0.1) is 11.8 Å². The standard InChI is InChI=1S/C21H27FN2O2S/c1-2-11-27(25,26)24-21(12-16-7-4-3-5-8-16)19-13-18-15-23-10-6-9-17(18)14-20(19)22/h3-5,7-8,13-14,21,23-24H,2,6,9-12,15H2,1H3. The van der Waals surface area contributed by atoms with E-state index >= 15 is 0 Å². The number of fused-ring (bicyclic) bond motifs is 1. The molecule has 0 saturated carbocycles. The monoisotopic (exact) mass is 390 g/mol. The second-order valence-electron chi connectivity index (χ2n) is 7.10. The summed E-state index contributed by atoms with van der Waals surface area (Å²) in [4.78, 5) is 0. The lowest BCUT2D eigenvalue weighted by atomic mass is 9.94. The van der Waals surface area contributed by atoms with Crippen LogP contribution in [0.25, 0.3) is 0 Å². The molecule has 6 heteroatoms. The number of benzene rings is 2. The summed E-state index contributed by atoms with van der Waals surface area (Å²) < 4.78 is 42.5. The van der Waals surface area contributed by atoms with Gasteiger partial charge < -0.3 is 5.32 Å². The van der Waals surface area contributed by atoms with Gasteiger partial charge in [0.15, 0.2) is 0 Å². The molecule has 0 aliphatic carbocycles. The zero-order valence-electron chi connectivity index (χ0n) is 15.7. The third kappa shape index (κ3) is 5.37. The average Bonchev–Trinajstić information content (AvgIpc) is 2.86. The van der Waals surface area contributed by atoms with Gasteiger partial charge in [-0.1, -0.05) is 37.3 Å². The van der Waals surface area contributed by atoms with E-state index in [1.807, 2.05) is 43.3 Å². The van der Waals surface area contributed by atoms with Crippen LogP contribution in [0.3, 0.4) is 0 Å². The maximum atomic E-state index is 15.0. The minimum atomic E-state index is -3.48. The van der Waals surface area contributed by atoms with Crippen molar-refractivity contribution in [3.8, 4) is 0 Å². The van der Waals surface area contributed by atoms with E-state index in [1.54, 1.807) is 6.07 Å². The van der Waals surface area contributed by atoms with Crippen molar-refractivity contribution < 1.29 is 12.8 Å². The number of aryl methyl sites for hydroxylation is 1. The van der Waals surface area contributed by atoms with Crippen molar-refractivity contribution in [3.05, 3.63) is 70.5 Å². The van der Waals surface area contributed by atoms with E-state index < -0.39 is 16.1 Å². The zero-order chi connectivity index (χ0) is 19.3. The average molecular weight is 391 g/mol. The first-order chi connectivity index (χ1) is 13.0. The van der Waals surface area contributed by atoms with Gasteiger partial charge in [-0.3, -0.25) is 0 Å². The number of halogens is 1. The molecule has 1 atom stereocenters. The van der Waals surface area contributed by atoms with E-state index in [0.29, 0.717) is 24.9 Å². The van der Waals surface area contributed by atoms with Gasteiger partial charge in [-0.15, -0.1) is 0 Å². The number of nitrogens with one attached hydrogen (secondary N) is 2. The highest BCUT2D eigenvalue weighted by Gasteiger charge is 2.24. The molecule has 1 aliphatic heterocycles. The van der Waals surface area contributed by atoms with Crippen molar-refractivity contribution in [1.82, 2.24) is 10.0 Å². The Bertz CT molecular complexity index is 869. The molecule has 0 radical (unpaired) electrons. The molecule has 2 N–H and O–H groups in total. The maximum Gasteiger partial charge on any atom is 0.212 e. The lowest BCUT2D eigenvalue weighted by molar-refractivity contribution is 0.531. The van der Waals surface area contributed by atoms with Crippen molar-refractivity contribution in [2.24, 2.45) is 0 Å². The molecule has 0 bridgehead atoms. The van der Waals surface area contributed by atoms with Crippen LogP contribution in [0.15, 0.2) is 42.5 Å². The predicted molar refractivity (Wildman–Crippen MR) is 107 cm³/mol. The molecule has 1 heterocycles. The van der Waals surface area contributed by atoms with Crippen LogP contribution < -0.4 is 10.0 Å². The van der Waals surface area contributed by atoms with Crippen LogP contribution in [0.2, 0.25) is 0 Å². The van der Waals surface area contributed by atoms with E-state index in [4.69, 9.17) is 0 Å². The van der Waals surface area contributed by atoms with Crippen LogP contribution >= 0.6 is 0 Å². The number of rotatable bonds is 7. The lowest BCUT2D eigenvalue weighted by Crippen LogP contribution is -2.32. The Balaban J connectivity index is 1.97. The van der Waals surface area contributed by atoms with Gasteiger partial charge in [0.2, 0.25) is 10.0 Å². The quantitative estimate of drug-likeness (QED) is 0.761. The molecule has 1 aliphatic rings. The summed E-state index contributed by atoms with van der Waals surface area (Å²) >= 11 is 0. The Morgan fingerprint density at radius 1 is 1.19 bits per heavy atom. The Labute approximate surface area is 161 Å². The van der Waals surface area contributed by atoms with Gasteiger partial charge in [-0.25, -0.2) is 17.5 Å². The van der Waals surface area contributed by atoms with E-state index in [1.165, 1.54) is 0 Å². The maximum absolute atomic E-state index is 15.0. The minimum absolute atomic E-state index is 0.0341. The molecule has 0 spiro atoms.